The fourth-order valence-corrected chi connectivity index (χ4v) is 2.49. The minimum atomic E-state index is -0.938. The summed E-state index contributed by atoms with van der Waals surface area (Å²) in [5.41, 5.74) is 0.472. The van der Waals surface area contributed by atoms with E-state index in [4.69, 9.17) is 0 Å². The zero-order chi connectivity index (χ0) is 15.6. The summed E-state index contributed by atoms with van der Waals surface area (Å²) >= 11 is 0. The van der Waals surface area contributed by atoms with Crippen molar-refractivity contribution in [3.8, 4) is 0 Å². The van der Waals surface area contributed by atoms with E-state index in [1.165, 1.54) is 0 Å². The Morgan fingerprint density at radius 2 is 1.86 bits per heavy atom. The monoisotopic (exact) mass is 290 g/mol. The van der Waals surface area contributed by atoms with Gasteiger partial charge >= 0.3 is 5.97 Å². The van der Waals surface area contributed by atoms with Crippen LogP contribution in [0.2, 0.25) is 0 Å². The maximum atomic E-state index is 12.2. The summed E-state index contributed by atoms with van der Waals surface area (Å²) in [6.07, 6.45) is 0. The van der Waals surface area contributed by atoms with E-state index in [1.807, 2.05) is 0 Å². The molecule has 2 atom stereocenters. The Morgan fingerprint density at radius 3 is 2.33 bits per heavy atom. The summed E-state index contributed by atoms with van der Waals surface area (Å²) in [6, 6.07) is 7.01. The van der Waals surface area contributed by atoms with E-state index in [1.54, 1.807) is 38.1 Å². The summed E-state index contributed by atoms with van der Waals surface area (Å²) in [5.74, 6) is -0.543. The molecule has 1 heterocycles. The largest absolute Gasteiger partial charge is 0.481 e. The zero-order valence-electron chi connectivity index (χ0n) is 12.6. The van der Waals surface area contributed by atoms with Crippen LogP contribution in [-0.2, 0) is 15.0 Å². The van der Waals surface area contributed by atoms with Crippen LogP contribution in [0, 0.1) is 11.8 Å². The fraction of sp³-hybridized carbons (Fsp3) is 0.500. The van der Waals surface area contributed by atoms with Crippen molar-refractivity contribution in [2.75, 3.05) is 18.4 Å². The molecule has 0 radical (unpaired) electrons. The molecule has 0 spiro atoms. The summed E-state index contributed by atoms with van der Waals surface area (Å²) < 4.78 is 0. The number of aliphatic carboxylic acids is 1. The third-order valence-electron chi connectivity index (χ3n) is 4.26. The molecule has 0 saturated carbocycles. The number of hydrogen-bond acceptors (Lipinski definition) is 3. The third-order valence-corrected chi connectivity index (χ3v) is 4.26. The highest BCUT2D eigenvalue weighted by molar-refractivity contribution is 5.93. The maximum Gasteiger partial charge on any atom is 0.313 e. The van der Waals surface area contributed by atoms with Crippen LogP contribution >= 0.6 is 0 Å². The van der Waals surface area contributed by atoms with Gasteiger partial charge in [0.25, 0.3) is 0 Å². The molecule has 1 aliphatic rings. The summed E-state index contributed by atoms with van der Waals surface area (Å²) in [7, 11) is 0. The molecule has 0 aliphatic carbocycles. The highest BCUT2D eigenvalue weighted by atomic mass is 16.4. The standard InChI is InChI=1S/C16H22N2O3/c1-10-8-17-9-13(10)14(19)18-12-6-4-11(5-7-12)16(2,3)15(20)21/h4-7,10,13,17H,8-9H2,1-3H3,(H,18,19)(H,20,21). The molecule has 1 fully saturated rings. The van der Waals surface area contributed by atoms with Gasteiger partial charge in [0.2, 0.25) is 5.91 Å². The second-order valence-corrected chi connectivity index (χ2v) is 6.24. The van der Waals surface area contributed by atoms with Crippen molar-refractivity contribution in [2.24, 2.45) is 11.8 Å². The van der Waals surface area contributed by atoms with Crippen molar-refractivity contribution in [3.05, 3.63) is 29.8 Å². The molecular formula is C16H22N2O3. The Labute approximate surface area is 124 Å². The Balaban J connectivity index is 2.06. The summed E-state index contributed by atoms with van der Waals surface area (Å²) in [6.45, 7) is 6.95. The minimum Gasteiger partial charge on any atom is -0.481 e. The number of carbonyl (C=O) groups excluding carboxylic acids is 1. The van der Waals surface area contributed by atoms with Crippen molar-refractivity contribution in [2.45, 2.75) is 26.2 Å². The number of benzene rings is 1. The average Bonchev–Trinajstić information content (AvgIpc) is 2.85. The molecular weight excluding hydrogens is 268 g/mol. The second-order valence-electron chi connectivity index (χ2n) is 6.24. The van der Waals surface area contributed by atoms with E-state index in [9.17, 15) is 14.7 Å². The first-order chi connectivity index (χ1) is 9.82. The average molecular weight is 290 g/mol. The summed E-state index contributed by atoms with van der Waals surface area (Å²) in [4.78, 5) is 23.4. The number of carbonyl (C=O) groups is 2. The van der Waals surface area contributed by atoms with Gasteiger partial charge in [-0.1, -0.05) is 19.1 Å². The highest BCUT2D eigenvalue weighted by Crippen LogP contribution is 2.25. The Bertz CT molecular complexity index is 537. The molecule has 21 heavy (non-hydrogen) atoms. The quantitative estimate of drug-likeness (QED) is 0.790. The number of amides is 1. The second kappa shape index (κ2) is 5.85. The lowest BCUT2D eigenvalue weighted by Gasteiger charge is -2.20. The number of carboxylic acids is 1. The van der Waals surface area contributed by atoms with Gasteiger partial charge in [-0.2, -0.15) is 0 Å². The molecule has 1 saturated heterocycles. The van der Waals surface area contributed by atoms with Gasteiger partial charge in [-0.25, -0.2) is 0 Å². The van der Waals surface area contributed by atoms with E-state index < -0.39 is 11.4 Å². The minimum absolute atomic E-state index is 0.0118. The Hall–Kier alpha value is -1.88. The number of carboxylic acid groups (broad SMARTS) is 1. The molecule has 1 amide bonds. The predicted octanol–water partition coefficient (Wildman–Crippen LogP) is 1.84. The van der Waals surface area contributed by atoms with Crippen LogP contribution < -0.4 is 10.6 Å². The normalized spacial score (nSPS) is 22.0. The molecule has 5 nitrogen and oxygen atoms in total. The zero-order valence-corrected chi connectivity index (χ0v) is 12.6. The number of hydrogen-bond donors (Lipinski definition) is 3. The topological polar surface area (TPSA) is 78.4 Å². The van der Waals surface area contributed by atoms with Gasteiger partial charge in [0.1, 0.15) is 0 Å². The highest BCUT2D eigenvalue weighted by Gasteiger charge is 2.30. The molecule has 1 aliphatic heterocycles. The van der Waals surface area contributed by atoms with Crippen molar-refractivity contribution < 1.29 is 14.7 Å². The van der Waals surface area contributed by atoms with Gasteiger partial charge in [-0.3, -0.25) is 9.59 Å². The maximum absolute atomic E-state index is 12.2. The van der Waals surface area contributed by atoms with Gasteiger partial charge in [0.05, 0.1) is 11.3 Å². The van der Waals surface area contributed by atoms with E-state index in [0.29, 0.717) is 23.7 Å². The molecule has 0 bridgehead atoms. The van der Waals surface area contributed by atoms with E-state index in [0.717, 1.165) is 6.54 Å². The predicted molar refractivity (Wildman–Crippen MR) is 81.3 cm³/mol. The van der Waals surface area contributed by atoms with Crippen molar-refractivity contribution >= 4 is 17.6 Å². The SMILES string of the molecule is CC1CNCC1C(=O)Nc1ccc(C(C)(C)C(=O)O)cc1. The molecule has 2 unspecified atom stereocenters. The van der Waals surface area contributed by atoms with E-state index >= 15 is 0 Å². The lowest BCUT2D eigenvalue weighted by atomic mass is 9.85. The van der Waals surface area contributed by atoms with Crippen LogP contribution in [-0.4, -0.2) is 30.1 Å². The van der Waals surface area contributed by atoms with Crippen LogP contribution in [0.1, 0.15) is 26.3 Å². The third kappa shape index (κ3) is 3.24. The first kappa shape index (κ1) is 15.5. The van der Waals surface area contributed by atoms with Crippen LogP contribution in [0.4, 0.5) is 5.69 Å². The lowest BCUT2D eigenvalue weighted by molar-refractivity contribution is -0.142. The smallest absolute Gasteiger partial charge is 0.313 e. The molecule has 3 N–H and O–H groups in total. The molecule has 0 aromatic heterocycles. The van der Waals surface area contributed by atoms with Gasteiger partial charge in [0.15, 0.2) is 0 Å². The Kier molecular flexibility index (Phi) is 4.32. The molecule has 1 aromatic rings. The van der Waals surface area contributed by atoms with Gasteiger partial charge in [-0.15, -0.1) is 0 Å². The number of anilines is 1. The molecule has 5 heteroatoms. The van der Waals surface area contributed by atoms with Crippen molar-refractivity contribution in [1.29, 1.82) is 0 Å². The van der Waals surface area contributed by atoms with Crippen molar-refractivity contribution in [1.82, 2.24) is 5.32 Å². The molecule has 2 rings (SSSR count). The van der Waals surface area contributed by atoms with Gasteiger partial charge in [-0.05, 0) is 44.0 Å². The van der Waals surface area contributed by atoms with Crippen LogP contribution in [0.3, 0.4) is 0 Å². The van der Waals surface area contributed by atoms with E-state index in [-0.39, 0.29) is 11.8 Å². The van der Waals surface area contributed by atoms with E-state index in [2.05, 4.69) is 17.6 Å². The van der Waals surface area contributed by atoms with Crippen molar-refractivity contribution in [3.63, 3.8) is 0 Å². The van der Waals surface area contributed by atoms with Crippen LogP contribution in [0.5, 0.6) is 0 Å². The summed E-state index contributed by atoms with van der Waals surface area (Å²) in [5, 5.41) is 15.3. The first-order valence-corrected chi connectivity index (χ1v) is 7.18. The van der Waals surface area contributed by atoms with Crippen LogP contribution in [0.25, 0.3) is 0 Å². The van der Waals surface area contributed by atoms with Crippen LogP contribution in [0.15, 0.2) is 24.3 Å². The molecule has 114 valence electrons. The lowest BCUT2D eigenvalue weighted by Crippen LogP contribution is -2.29. The fourth-order valence-electron chi connectivity index (χ4n) is 2.49. The van der Waals surface area contributed by atoms with Gasteiger partial charge < -0.3 is 15.7 Å². The Morgan fingerprint density at radius 1 is 1.24 bits per heavy atom. The first-order valence-electron chi connectivity index (χ1n) is 7.18. The van der Waals surface area contributed by atoms with Gasteiger partial charge in [0, 0.05) is 12.2 Å². The number of rotatable bonds is 4. The molecule has 1 aromatic carbocycles. The number of nitrogens with one attached hydrogen (secondary N) is 2.